The molecular weight excluding hydrogens is 954 g/mol. The fourth-order valence-corrected chi connectivity index (χ4v) is 17.3. The third kappa shape index (κ3) is 6.85. The Morgan fingerprint density at radius 3 is 1.76 bits per heavy atom. The van der Waals surface area contributed by atoms with Gasteiger partial charge < -0.3 is 14.7 Å². The molecule has 4 heteroatoms. The highest BCUT2D eigenvalue weighted by molar-refractivity contribution is 7.00. The molecule has 0 bridgehead atoms. The molecular formula is C75H82BN3. The SMILES string of the molecule is Cc1cc(C)c2c3c1B1c4cc(C(C)(C)C)ccc4N(c4ccc(C(C)(C)C)cc4-c4ccc5ccccc5c4)c4cc(N5c6ccc(C(C)(C)C)cc6C6(c7ccccc7)CCCCC56C)cc(c41)N3C1(C)CCCCC21C. The lowest BCUT2D eigenvalue weighted by Gasteiger charge is -2.54. The molecule has 6 aliphatic rings. The van der Waals surface area contributed by atoms with Gasteiger partial charge in [-0.3, -0.25) is 0 Å². The molecule has 8 aromatic rings. The molecule has 4 atom stereocenters. The van der Waals surface area contributed by atoms with Gasteiger partial charge in [-0.25, -0.2) is 0 Å². The number of hydrogen-bond donors (Lipinski definition) is 0. The molecule has 0 saturated heterocycles. The first-order valence-corrected chi connectivity index (χ1v) is 30.2. The lowest BCUT2D eigenvalue weighted by atomic mass is 9.32. The van der Waals surface area contributed by atoms with Gasteiger partial charge in [0.15, 0.2) is 0 Å². The molecule has 14 rings (SSSR count). The zero-order valence-corrected chi connectivity index (χ0v) is 49.9. The van der Waals surface area contributed by atoms with Crippen LogP contribution in [0.2, 0.25) is 0 Å². The van der Waals surface area contributed by atoms with Crippen LogP contribution in [-0.4, -0.2) is 17.8 Å². The quantitative estimate of drug-likeness (QED) is 0.163. The van der Waals surface area contributed by atoms with Crippen LogP contribution in [0.5, 0.6) is 0 Å². The lowest BCUT2D eigenvalue weighted by molar-refractivity contribution is 0.194. The lowest BCUT2D eigenvalue weighted by Crippen LogP contribution is -2.65. The smallest absolute Gasteiger partial charge is 0.252 e. The Balaban J connectivity index is 1.14. The number of nitrogens with zero attached hydrogens (tertiary/aromatic N) is 3. The molecule has 0 N–H and O–H groups in total. The maximum atomic E-state index is 2.99. The summed E-state index contributed by atoms with van der Waals surface area (Å²) in [5.41, 5.74) is 27.2. The highest BCUT2D eigenvalue weighted by Gasteiger charge is 2.64. The van der Waals surface area contributed by atoms with E-state index < -0.39 is 0 Å². The summed E-state index contributed by atoms with van der Waals surface area (Å²) < 4.78 is 0. The van der Waals surface area contributed by atoms with Crippen LogP contribution in [0.25, 0.3) is 21.9 Å². The van der Waals surface area contributed by atoms with Gasteiger partial charge >= 0.3 is 0 Å². The summed E-state index contributed by atoms with van der Waals surface area (Å²) in [6.07, 6.45) is 9.48. The average molecular weight is 1040 g/mol. The van der Waals surface area contributed by atoms with Gasteiger partial charge in [0.25, 0.3) is 6.71 Å². The molecule has 0 spiro atoms. The topological polar surface area (TPSA) is 9.72 Å². The first-order chi connectivity index (χ1) is 37.5. The molecule has 2 aliphatic carbocycles. The Morgan fingerprint density at radius 2 is 1.05 bits per heavy atom. The predicted molar refractivity (Wildman–Crippen MR) is 340 cm³/mol. The molecule has 8 aromatic carbocycles. The molecule has 2 fully saturated rings. The van der Waals surface area contributed by atoms with Crippen LogP contribution in [0.3, 0.4) is 0 Å². The Kier molecular flexibility index (Phi) is 10.8. The Morgan fingerprint density at radius 1 is 0.456 bits per heavy atom. The van der Waals surface area contributed by atoms with Crippen molar-refractivity contribution in [2.24, 2.45) is 0 Å². The number of aryl methyl sites for hydroxylation is 2. The summed E-state index contributed by atoms with van der Waals surface area (Å²) in [6.45, 7) is 34.4. The minimum absolute atomic E-state index is 0.00163. The molecule has 4 aliphatic heterocycles. The van der Waals surface area contributed by atoms with E-state index in [1.54, 1.807) is 5.56 Å². The first kappa shape index (κ1) is 50.7. The van der Waals surface area contributed by atoms with Crippen molar-refractivity contribution in [2.45, 2.75) is 186 Å². The third-order valence-corrected chi connectivity index (χ3v) is 21.5. The van der Waals surface area contributed by atoms with Crippen molar-refractivity contribution in [1.82, 2.24) is 0 Å². The predicted octanol–water partition coefficient (Wildman–Crippen LogP) is 18.1. The zero-order chi connectivity index (χ0) is 55.1. The van der Waals surface area contributed by atoms with Gasteiger partial charge in [-0.15, -0.1) is 0 Å². The van der Waals surface area contributed by atoms with E-state index in [9.17, 15) is 0 Å². The Bertz CT molecular complexity index is 3860. The normalized spacial score (nSPS) is 23.8. The molecule has 4 heterocycles. The summed E-state index contributed by atoms with van der Waals surface area (Å²) in [7, 11) is 0. The molecule has 0 amide bonds. The molecule has 2 saturated carbocycles. The van der Waals surface area contributed by atoms with Crippen LogP contribution < -0.4 is 31.1 Å². The van der Waals surface area contributed by atoms with E-state index in [1.807, 2.05) is 0 Å². The van der Waals surface area contributed by atoms with E-state index in [0.717, 1.165) is 19.3 Å². The number of rotatable bonds is 4. The zero-order valence-electron chi connectivity index (χ0n) is 49.9. The number of fused-ring (bicyclic) bond motifs is 11. The molecule has 0 aromatic heterocycles. The Labute approximate surface area is 473 Å². The standard InChI is InChI=1S/C75H82BN3/c1-47-40-48(2)66-68-65(47)72(12)36-20-21-37-73(72,13)79(68)64-46-56(78-61-34-31-54(70(6,7)8)43-58(61)75(52-26-16-15-17-27-52)39-23-22-38-74(75,78)14)45-63-67(64)76(66)59-44-55(71(9,10)11)32-35-62(59)77(63)60-33-30-53(69(3,4)5)42-57(60)51-29-28-49-24-18-19-25-50(49)41-51/h15-19,24-35,40-46H,20-23,36-39H2,1-14H3. The molecule has 0 radical (unpaired) electrons. The largest absolute Gasteiger partial charge is 0.335 e. The van der Waals surface area contributed by atoms with Crippen LogP contribution in [-0.2, 0) is 27.1 Å². The van der Waals surface area contributed by atoms with Crippen LogP contribution in [0, 0.1) is 13.8 Å². The number of benzene rings is 8. The van der Waals surface area contributed by atoms with Crippen molar-refractivity contribution in [2.75, 3.05) is 14.7 Å². The molecule has 3 nitrogen and oxygen atoms in total. The summed E-state index contributed by atoms with van der Waals surface area (Å²) in [5.74, 6) is 0. The van der Waals surface area contributed by atoms with E-state index in [4.69, 9.17) is 0 Å². The third-order valence-electron chi connectivity index (χ3n) is 21.5. The van der Waals surface area contributed by atoms with Crippen LogP contribution >= 0.6 is 0 Å². The van der Waals surface area contributed by atoms with E-state index >= 15 is 0 Å². The maximum Gasteiger partial charge on any atom is 0.252 e. The van der Waals surface area contributed by atoms with Gasteiger partial charge in [0, 0.05) is 50.5 Å². The van der Waals surface area contributed by atoms with Crippen molar-refractivity contribution in [3.63, 3.8) is 0 Å². The van der Waals surface area contributed by atoms with E-state index in [1.165, 1.54) is 149 Å². The minimum Gasteiger partial charge on any atom is -0.335 e. The fourth-order valence-electron chi connectivity index (χ4n) is 17.3. The minimum atomic E-state index is -0.255. The number of hydrogen-bond acceptors (Lipinski definition) is 3. The van der Waals surface area contributed by atoms with Gasteiger partial charge in [0.05, 0.1) is 16.8 Å². The van der Waals surface area contributed by atoms with Gasteiger partial charge in [-0.1, -0.05) is 204 Å². The van der Waals surface area contributed by atoms with Crippen molar-refractivity contribution in [3.05, 3.63) is 190 Å². The average Bonchev–Trinajstić information content (AvgIpc) is 3.49. The van der Waals surface area contributed by atoms with E-state index in [0.29, 0.717) is 0 Å². The van der Waals surface area contributed by atoms with Crippen molar-refractivity contribution in [1.29, 1.82) is 0 Å². The second kappa shape index (κ2) is 16.8. The summed E-state index contributed by atoms with van der Waals surface area (Å²) in [6, 6.07) is 58.5. The summed E-state index contributed by atoms with van der Waals surface area (Å²) in [5, 5.41) is 2.53. The van der Waals surface area contributed by atoms with Gasteiger partial charge in [-0.2, -0.15) is 0 Å². The summed E-state index contributed by atoms with van der Waals surface area (Å²) in [4.78, 5) is 8.66. The van der Waals surface area contributed by atoms with Crippen LogP contribution in [0.4, 0.5) is 39.8 Å². The van der Waals surface area contributed by atoms with Crippen LogP contribution in [0.15, 0.2) is 146 Å². The molecule has 400 valence electrons. The molecule has 4 unspecified atom stereocenters. The first-order valence-electron chi connectivity index (χ1n) is 30.2. The second-order valence-corrected chi connectivity index (χ2v) is 29.1. The van der Waals surface area contributed by atoms with E-state index in [-0.39, 0.29) is 44.9 Å². The van der Waals surface area contributed by atoms with Crippen molar-refractivity contribution in [3.8, 4) is 11.1 Å². The maximum absolute atomic E-state index is 2.99. The number of anilines is 7. The highest BCUT2D eigenvalue weighted by Crippen LogP contribution is 2.67. The van der Waals surface area contributed by atoms with Crippen molar-refractivity contribution < 1.29 is 0 Å². The molecule has 79 heavy (non-hydrogen) atoms. The van der Waals surface area contributed by atoms with Gasteiger partial charge in [0.1, 0.15) is 0 Å². The fraction of sp³-hybridized carbons (Fsp3) is 0.387. The van der Waals surface area contributed by atoms with Gasteiger partial charge in [0.2, 0.25) is 0 Å². The van der Waals surface area contributed by atoms with Crippen molar-refractivity contribution >= 4 is 73.7 Å². The van der Waals surface area contributed by atoms with Crippen LogP contribution in [0.1, 0.15) is 179 Å². The second-order valence-electron chi connectivity index (χ2n) is 29.1. The Hall–Kier alpha value is -6.52. The summed E-state index contributed by atoms with van der Waals surface area (Å²) >= 11 is 0. The van der Waals surface area contributed by atoms with Gasteiger partial charge in [-0.05, 0) is 184 Å². The van der Waals surface area contributed by atoms with E-state index in [2.05, 4.69) is 257 Å². The highest BCUT2D eigenvalue weighted by atomic mass is 15.3. The monoisotopic (exact) mass is 1040 g/mol.